The first-order chi connectivity index (χ1) is 7.25. The van der Waals surface area contributed by atoms with E-state index < -0.39 is 0 Å². The molecular formula is C12H13NO2. The van der Waals surface area contributed by atoms with Crippen molar-refractivity contribution >= 4 is 5.69 Å². The van der Waals surface area contributed by atoms with Crippen LogP contribution in [-0.4, -0.2) is 0 Å². The van der Waals surface area contributed by atoms with Crippen molar-refractivity contribution in [1.82, 2.24) is 0 Å². The number of aryl methyl sites for hydroxylation is 1. The highest BCUT2D eigenvalue weighted by Gasteiger charge is 2.02. The molecule has 3 nitrogen and oxygen atoms in total. The molecule has 2 N–H and O–H groups in total. The maximum Gasteiger partial charge on any atom is 0.146 e. The van der Waals surface area contributed by atoms with E-state index in [1.54, 1.807) is 6.26 Å². The van der Waals surface area contributed by atoms with Gasteiger partial charge in [-0.25, -0.2) is 0 Å². The lowest BCUT2D eigenvalue weighted by Crippen LogP contribution is -1.98. The van der Waals surface area contributed by atoms with E-state index in [1.165, 1.54) is 0 Å². The van der Waals surface area contributed by atoms with E-state index in [9.17, 15) is 0 Å². The van der Waals surface area contributed by atoms with E-state index in [-0.39, 0.29) is 0 Å². The Bertz CT molecular complexity index is 435. The first kappa shape index (κ1) is 9.65. The van der Waals surface area contributed by atoms with Crippen LogP contribution in [-0.2, 0) is 6.61 Å². The number of hydrogen-bond donors (Lipinski definition) is 1. The van der Waals surface area contributed by atoms with Gasteiger partial charge in [0.15, 0.2) is 0 Å². The van der Waals surface area contributed by atoms with Crippen LogP contribution in [0.15, 0.2) is 41.0 Å². The Kier molecular flexibility index (Phi) is 2.63. The number of rotatable bonds is 3. The molecule has 0 aliphatic rings. The summed E-state index contributed by atoms with van der Waals surface area (Å²) in [5.74, 6) is 1.49. The van der Waals surface area contributed by atoms with E-state index in [0.717, 1.165) is 11.3 Å². The molecule has 0 bridgehead atoms. The van der Waals surface area contributed by atoms with Crippen molar-refractivity contribution in [3.05, 3.63) is 47.9 Å². The predicted molar refractivity (Wildman–Crippen MR) is 58.6 cm³/mol. The molecule has 0 fully saturated rings. The largest absolute Gasteiger partial charge is 0.483 e. The van der Waals surface area contributed by atoms with Crippen LogP contribution in [0.4, 0.5) is 5.69 Å². The summed E-state index contributed by atoms with van der Waals surface area (Å²) in [5.41, 5.74) is 7.54. The monoisotopic (exact) mass is 203 g/mol. The van der Waals surface area contributed by atoms with Gasteiger partial charge < -0.3 is 14.9 Å². The minimum absolute atomic E-state index is 0.403. The van der Waals surface area contributed by atoms with E-state index in [1.807, 2.05) is 37.3 Å². The summed E-state index contributed by atoms with van der Waals surface area (Å²) in [6.07, 6.45) is 1.62. The highest BCUT2D eigenvalue weighted by atomic mass is 16.5. The number of ether oxygens (including phenoxy) is 1. The van der Waals surface area contributed by atoms with Gasteiger partial charge in [0.1, 0.15) is 18.1 Å². The van der Waals surface area contributed by atoms with Crippen LogP contribution in [0.3, 0.4) is 0 Å². The van der Waals surface area contributed by atoms with Gasteiger partial charge in [0, 0.05) is 0 Å². The van der Waals surface area contributed by atoms with E-state index in [4.69, 9.17) is 14.9 Å². The maximum absolute atomic E-state index is 5.77. The molecule has 0 unspecified atom stereocenters. The molecule has 2 aromatic rings. The zero-order chi connectivity index (χ0) is 10.7. The van der Waals surface area contributed by atoms with Crippen LogP contribution in [0.1, 0.15) is 11.3 Å². The number of nitrogen functional groups attached to an aromatic ring is 1. The van der Waals surface area contributed by atoms with E-state index in [2.05, 4.69) is 0 Å². The highest BCUT2D eigenvalue weighted by molar-refractivity contribution is 5.53. The molecule has 0 atom stereocenters. The number of anilines is 1. The molecule has 0 radical (unpaired) electrons. The summed E-state index contributed by atoms with van der Waals surface area (Å²) < 4.78 is 10.7. The zero-order valence-corrected chi connectivity index (χ0v) is 8.57. The van der Waals surface area contributed by atoms with Gasteiger partial charge in [-0.05, 0) is 36.8 Å². The fourth-order valence-corrected chi connectivity index (χ4v) is 1.31. The van der Waals surface area contributed by atoms with Gasteiger partial charge in [-0.15, -0.1) is 0 Å². The first-order valence-corrected chi connectivity index (χ1v) is 4.77. The van der Waals surface area contributed by atoms with E-state index >= 15 is 0 Å². The molecule has 78 valence electrons. The van der Waals surface area contributed by atoms with Crippen molar-refractivity contribution in [2.75, 3.05) is 5.73 Å². The van der Waals surface area contributed by atoms with Crippen molar-refractivity contribution in [2.24, 2.45) is 0 Å². The lowest BCUT2D eigenvalue weighted by atomic mass is 10.2. The quantitative estimate of drug-likeness (QED) is 0.780. The first-order valence-electron chi connectivity index (χ1n) is 4.77. The topological polar surface area (TPSA) is 48.4 Å². The zero-order valence-electron chi connectivity index (χ0n) is 8.57. The fourth-order valence-electron chi connectivity index (χ4n) is 1.31. The molecule has 3 heteroatoms. The highest BCUT2D eigenvalue weighted by Crippen LogP contribution is 2.23. The van der Waals surface area contributed by atoms with Gasteiger partial charge >= 0.3 is 0 Å². The molecule has 2 rings (SSSR count). The Morgan fingerprint density at radius 3 is 2.93 bits per heavy atom. The maximum atomic E-state index is 5.77. The molecule has 0 saturated carbocycles. The molecule has 0 amide bonds. The van der Waals surface area contributed by atoms with Crippen LogP contribution in [0, 0.1) is 6.92 Å². The molecule has 1 aromatic carbocycles. The summed E-state index contributed by atoms with van der Waals surface area (Å²) in [5, 5.41) is 0. The Labute approximate surface area is 88.5 Å². The van der Waals surface area contributed by atoms with E-state index in [0.29, 0.717) is 18.0 Å². The molecule has 0 aliphatic heterocycles. The Morgan fingerprint density at radius 1 is 1.33 bits per heavy atom. The summed E-state index contributed by atoms with van der Waals surface area (Å²) in [6, 6.07) is 9.41. The number of benzene rings is 1. The van der Waals surface area contributed by atoms with Crippen molar-refractivity contribution in [3.63, 3.8) is 0 Å². The molecule has 0 aliphatic carbocycles. The second-order valence-corrected chi connectivity index (χ2v) is 3.41. The third kappa shape index (κ3) is 2.31. The average Bonchev–Trinajstić information content (AvgIpc) is 2.72. The van der Waals surface area contributed by atoms with Crippen LogP contribution in [0.5, 0.6) is 5.75 Å². The molecule has 1 aromatic heterocycles. The van der Waals surface area contributed by atoms with Crippen molar-refractivity contribution < 1.29 is 9.15 Å². The van der Waals surface area contributed by atoms with Gasteiger partial charge in [0.2, 0.25) is 0 Å². The van der Waals surface area contributed by atoms with Gasteiger partial charge in [0.25, 0.3) is 0 Å². The van der Waals surface area contributed by atoms with Crippen molar-refractivity contribution in [3.8, 4) is 5.75 Å². The lowest BCUT2D eigenvalue weighted by molar-refractivity contribution is 0.271. The Morgan fingerprint density at radius 2 is 2.20 bits per heavy atom. The van der Waals surface area contributed by atoms with Crippen LogP contribution in [0.2, 0.25) is 0 Å². The van der Waals surface area contributed by atoms with Crippen LogP contribution >= 0.6 is 0 Å². The minimum Gasteiger partial charge on any atom is -0.483 e. The summed E-state index contributed by atoms with van der Waals surface area (Å²) in [7, 11) is 0. The van der Waals surface area contributed by atoms with Gasteiger partial charge in [-0.2, -0.15) is 0 Å². The van der Waals surface area contributed by atoms with Gasteiger partial charge in [-0.3, -0.25) is 0 Å². The smallest absolute Gasteiger partial charge is 0.146 e. The standard InChI is InChI=1S/C12H13NO2/c1-9-4-5-11(13)12(7-9)15-8-10-3-2-6-14-10/h2-7H,8,13H2,1H3. The van der Waals surface area contributed by atoms with Gasteiger partial charge in [0.05, 0.1) is 12.0 Å². The normalized spacial score (nSPS) is 10.2. The summed E-state index contributed by atoms with van der Waals surface area (Å²) in [4.78, 5) is 0. The van der Waals surface area contributed by atoms with Crippen LogP contribution < -0.4 is 10.5 Å². The second-order valence-electron chi connectivity index (χ2n) is 3.41. The second kappa shape index (κ2) is 4.09. The molecule has 1 heterocycles. The summed E-state index contributed by atoms with van der Waals surface area (Å²) in [6.45, 7) is 2.40. The molecule has 0 spiro atoms. The third-order valence-corrected chi connectivity index (χ3v) is 2.12. The molecular weight excluding hydrogens is 190 g/mol. The number of nitrogens with two attached hydrogens (primary N) is 1. The van der Waals surface area contributed by atoms with Gasteiger partial charge in [-0.1, -0.05) is 6.07 Å². The lowest BCUT2D eigenvalue weighted by Gasteiger charge is -2.07. The molecule has 0 saturated heterocycles. The Hall–Kier alpha value is -1.90. The SMILES string of the molecule is Cc1ccc(N)c(OCc2ccco2)c1. The number of hydrogen-bond acceptors (Lipinski definition) is 3. The average molecular weight is 203 g/mol. The van der Waals surface area contributed by atoms with Crippen molar-refractivity contribution in [1.29, 1.82) is 0 Å². The predicted octanol–water partition coefficient (Wildman–Crippen LogP) is 2.75. The van der Waals surface area contributed by atoms with Crippen molar-refractivity contribution in [2.45, 2.75) is 13.5 Å². The third-order valence-electron chi connectivity index (χ3n) is 2.12. The van der Waals surface area contributed by atoms with Crippen LogP contribution in [0.25, 0.3) is 0 Å². The molecule has 15 heavy (non-hydrogen) atoms. The number of furan rings is 1. The summed E-state index contributed by atoms with van der Waals surface area (Å²) >= 11 is 0. The Balaban J connectivity index is 2.07. The minimum atomic E-state index is 0.403. The fraction of sp³-hybridized carbons (Fsp3) is 0.167.